The van der Waals surface area contributed by atoms with Crippen molar-refractivity contribution in [1.82, 2.24) is 3.97 Å². The monoisotopic (exact) mass is 377 g/mol. The van der Waals surface area contributed by atoms with Gasteiger partial charge in [0.25, 0.3) is 0 Å². The highest BCUT2D eigenvalue weighted by atomic mass is 32.2. The van der Waals surface area contributed by atoms with Crippen LogP contribution in [0.1, 0.15) is 31.7 Å². The van der Waals surface area contributed by atoms with Crippen LogP contribution >= 0.6 is 0 Å². The number of benzene rings is 2. The fraction of sp³-hybridized carbons (Fsp3) is 0.217. The Morgan fingerprint density at radius 1 is 1.00 bits per heavy atom. The zero-order valence-electron chi connectivity index (χ0n) is 15.5. The van der Waals surface area contributed by atoms with Gasteiger partial charge in [0.1, 0.15) is 4.75 Å². The van der Waals surface area contributed by atoms with Crippen LogP contribution in [-0.2, 0) is 10.0 Å². The Kier molecular flexibility index (Phi) is 4.31. The van der Waals surface area contributed by atoms with Crippen LogP contribution in [0.4, 0.5) is 0 Å². The normalized spacial score (nSPS) is 21.2. The second kappa shape index (κ2) is 6.54. The van der Waals surface area contributed by atoms with E-state index < -0.39 is 14.8 Å². The van der Waals surface area contributed by atoms with Crippen molar-refractivity contribution in [2.45, 2.75) is 30.9 Å². The summed E-state index contributed by atoms with van der Waals surface area (Å²) in [6.45, 7) is 3.96. The number of fused-ring (bicyclic) bond motifs is 1. The van der Waals surface area contributed by atoms with E-state index in [1.165, 1.54) is 9.54 Å². The Hall–Kier alpha value is -2.59. The number of hydrogen-bond acceptors (Lipinski definition) is 2. The van der Waals surface area contributed by atoms with Crippen molar-refractivity contribution in [1.29, 1.82) is 0 Å². The third kappa shape index (κ3) is 2.94. The van der Waals surface area contributed by atoms with E-state index in [1.807, 2.05) is 67.6 Å². The quantitative estimate of drug-likeness (QED) is 0.621. The molecule has 2 atom stereocenters. The number of rotatable bonds is 4. The molecule has 1 aliphatic rings. The molecule has 0 bridgehead atoms. The lowest BCUT2D eigenvalue weighted by Gasteiger charge is -2.32. The summed E-state index contributed by atoms with van der Waals surface area (Å²) >= 11 is 0. The van der Waals surface area contributed by atoms with E-state index in [0.717, 1.165) is 16.5 Å². The lowest BCUT2D eigenvalue weighted by molar-refractivity contribution is 0.547. The number of nitrogens with zero attached hydrogens (tertiary/aromatic N) is 1. The topological polar surface area (TPSA) is 39.1 Å². The van der Waals surface area contributed by atoms with Gasteiger partial charge < -0.3 is 0 Å². The van der Waals surface area contributed by atoms with Crippen LogP contribution in [-0.4, -0.2) is 17.1 Å². The standard InChI is InChI=1S/C23H23NO2S/c1-18(19-9-4-3-5-10-19)21-12-8-15-23(2,17-21)27(25,26)24-16-14-20-11-6-7-13-22(20)24/h3-16,18H,17H2,1-2H3. The number of allylic oxidation sites excluding steroid dienone is 3. The Balaban J connectivity index is 1.71. The fourth-order valence-electron chi connectivity index (χ4n) is 3.82. The molecule has 1 aliphatic carbocycles. The average molecular weight is 378 g/mol. The molecule has 3 aromatic rings. The summed E-state index contributed by atoms with van der Waals surface area (Å²) in [7, 11) is -3.60. The summed E-state index contributed by atoms with van der Waals surface area (Å²) in [4.78, 5) is 0. The van der Waals surface area contributed by atoms with Crippen LogP contribution in [0.25, 0.3) is 10.9 Å². The summed E-state index contributed by atoms with van der Waals surface area (Å²) in [6.07, 6.45) is 7.91. The molecule has 0 N–H and O–H groups in total. The van der Waals surface area contributed by atoms with Crippen LogP contribution in [0, 0.1) is 0 Å². The van der Waals surface area contributed by atoms with E-state index in [1.54, 1.807) is 6.20 Å². The molecule has 4 heteroatoms. The maximum absolute atomic E-state index is 13.6. The molecule has 138 valence electrons. The second-order valence-electron chi connectivity index (χ2n) is 7.40. The summed E-state index contributed by atoms with van der Waals surface area (Å²) in [5.41, 5.74) is 3.05. The molecule has 2 unspecified atom stereocenters. The van der Waals surface area contributed by atoms with Gasteiger partial charge in [0.2, 0.25) is 10.0 Å². The smallest absolute Gasteiger partial charge is 0.244 e. The Morgan fingerprint density at radius 2 is 1.70 bits per heavy atom. The van der Waals surface area contributed by atoms with Gasteiger partial charge in [-0.25, -0.2) is 12.4 Å². The zero-order chi connectivity index (χ0) is 19.1. The van der Waals surface area contributed by atoms with Crippen molar-refractivity contribution in [3.63, 3.8) is 0 Å². The van der Waals surface area contributed by atoms with E-state index >= 15 is 0 Å². The lowest BCUT2D eigenvalue weighted by atomic mass is 9.84. The van der Waals surface area contributed by atoms with Crippen LogP contribution < -0.4 is 0 Å². The van der Waals surface area contributed by atoms with Crippen LogP contribution in [0.5, 0.6) is 0 Å². The van der Waals surface area contributed by atoms with Crippen LogP contribution in [0.15, 0.2) is 90.7 Å². The van der Waals surface area contributed by atoms with E-state index in [2.05, 4.69) is 25.1 Å². The van der Waals surface area contributed by atoms with Crippen molar-refractivity contribution >= 4 is 20.9 Å². The van der Waals surface area contributed by atoms with Crippen molar-refractivity contribution in [2.24, 2.45) is 0 Å². The van der Waals surface area contributed by atoms with E-state index in [-0.39, 0.29) is 5.92 Å². The van der Waals surface area contributed by atoms with Gasteiger partial charge in [-0.2, -0.15) is 0 Å². The Bertz CT molecular complexity index is 1140. The molecule has 0 saturated heterocycles. The average Bonchev–Trinajstić information content (AvgIpc) is 3.13. The highest BCUT2D eigenvalue weighted by Gasteiger charge is 2.41. The SMILES string of the molecule is CC(C1=CC=CC(C)(S(=O)(=O)n2ccc3ccccc32)C1)c1ccccc1. The maximum Gasteiger partial charge on any atom is 0.248 e. The first-order chi connectivity index (χ1) is 12.9. The van der Waals surface area contributed by atoms with Crippen molar-refractivity contribution < 1.29 is 8.42 Å². The largest absolute Gasteiger partial charge is 0.248 e. The number of hydrogen-bond donors (Lipinski definition) is 0. The predicted molar refractivity (Wildman–Crippen MR) is 111 cm³/mol. The summed E-state index contributed by atoms with van der Waals surface area (Å²) in [5.74, 6) is 0.173. The van der Waals surface area contributed by atoms with Gasteiger partial charge in [-0.15, -0.1) is 0 Å². The summed E-state index contributed by atoms with van der Waals surface area (Å²) in [5, 5.41) is 0.929. The van der Waals surface area contributed by atoms with Gasteiger partial charge in [0.15, 0.2) is 0 Å². The molecule has 1 heterocycles. The van der Waals surface area contributed by atoms with Gasteiger partial charge in [-0.05, 0) is 31.0 Å². The Labute approximate surface area is 160 Å². The van der Waals surface area contributed by atoms with Gasteiger partial charge in [-0.3, -0.25) is 0 Å². The lowest BCUT2D eigenvalue weighted by Crippen LogP contribution is -2.39. The van der Waals surface area contributed by atoms with Crippen LogP contribution in [0.3, 0.4) is 0 Å². The van der Waals surface area contributed by atoms with E-state index in [4.69, 9.17) is 0 Å². The first kappa shape index (κ1) is 17.8. The van der Waals surface area contributed by atoms with Crippen LogP contribution in [0.2, 0.25) is 0 Å². The van der Waals surface area contributed by atoms with Crippen molar-refractivity contribution in [3.8, 4) is 0 Å². The molecule has 0 amide bonds. The fourth-order valence-corrected chi connectivity index (χ4v) is 5.52. The minimum absolute atomic E-state index is 0.173. The number of para-hydroxylation sites is 1. The molecule has 0 spiro atoms. The van der Waals surface area contributed by atoms with Gasteiger partial charge in [-0.1, -0.05) is 79.3 Å². The molecule has 4 rings (SSSR count). The minimum atomic E-state index is -3.60. The highest BCUT2D eigenvalue weighted by molar-refractivity contribution is 7.91. The molecule has 1 aromatic heterocycles. The van der Waals surface area contributed by atoms with Gasteiger partial charge in [0.05, 0.1) is 5.52 Å². The third-order valence-electron chi connectivity index (χ3n) is 5.58. The van der Waals surface area contributed by atoms with Gasteiger partial charge in [0, 0.05) is 17.5 Å². The summed E-state index contributed by atoms with van der Waals surface area (Å²) < 4.78 is 27.6. The maximum atomic E-state index is 13.6. The summed E-state index contributed by atoms with van der Waals surface area (Å²) in [6, 6.07) is 19.7. The first-order valence-corrected chi connectivity index (χ1v) is 10.6. The third-order valence-corrected chi connectivity index (χ3v) is 7.88. The van der Waals surface area contributed by atoms with Gasteiger partial charge >= 0.3 is 0 Å². The predicted octanol–water partition coefficient (Wildman–Crippen LogP) is 5.27. The molecule has 0 radical (unpaired) electrons. The molecular weight excluding hydrogens is 354 g/mol. The molecule has 27 heavy (non-hydrogen) atoms. The molecule has 3 nitrogen and oxygen atoms in total. The molecule has 0 fully saturated rings. The van der Waals surface area contributed by atoms with Crippen molar-refractivity contribution in [3.05, 3.63) is 96.2 Å². The number of aromatic nitrogens is 1. The minimum Gasteiger partial charge on any atom is -0.244 e. The molecule has 0 aliphatic heterocycles. The highest BCUT2D eigenvalue weighted by Crippen LogP contribution is 2.39. The Morgan fingerprint density at radius 3 is 2.48 bits per heavy atom. The van der Waals surface area contributed by atoms with Crippen molar-refractivity contribution in [2.75, 3.05) is 0 Å². The molecule has 2 aromatic carbocycles. The van der Waals surface area contributed by atoms with E-state index in [9.17, 15) is 8.42 Å². The molecular formula is C23H23NO2S. The first-order valence-electron chi connectivity index (χ1n) is 9.17. The van der Waals surface area contributed by atoms with E-state index in [0.29, 0.717) is 6.42 Å². The zero-order valence-corrected chi connectivity index (χ0v) is 16.4. The second-order valence-corrected chi connectivity index (χ2v) is 9.67. The molecule has 0 saturated carbocycles.